The number of carbonyl (C=O) groups excluding carboxylic acids is 1. The minimum Gasteiger partial charge on any atom is -0.364 e. The van der Waals surface area contributed by atoms with Crippen LogP contribution in [0.15, 0.2) is 4.79 Å². The zero-order chi connectivity index (χ0) is 9.30. The highest BCUT2D eigenvalue weighted by molar-refractivity contribution is 7.71. The van der Waals surface area contributed by atoms with E-state index in [0.29, 0.717) is 0 Å². The lowest BCUT2D eigenvalue weighted by Gasteiger charge is -1.97. The summed E-state index contributed by atoms with van der Waals surface area (Å²) >= 11 is 4.68. The number of aromatic amines is 1. The first-order chi connectivity index (χ1) is 5.52. The standard InChI is InChI=1S/C5H6N4O2S/c1-9-5(12)7-4(11)2(8-9)3(6)10/h1H3,(H2,6,10)(H,7,11,12). The van der Waals surface area contributed by atoms with Crippen LogP contribution in [0, 0.1) is 4.77 Å². The Labute approximate surface area is 72.0 Å². The van der Waals surface area contributed by atoms with E-state index in [-0.39, 0.29) is 10.5 Å². The Morgan fingerprint density at radius 2 is 2.33 bits per heavy atom. The minimum atomic E-state index is -0.873. The van der Waals surface area contributed by atoms with Crippen molar-refractivity contribution in [1.82, 2.24) is 14.8 Å². The summed E-state index contributed by atoms with van der Waals surface area (Å²) < 4.78 is 1.33. The minimum absolute atomic E-state index is 0.144. The van der Waals surface area contributed by atoms with Crippen molar-refractivity contribution in [1.29, 1.82) is 0 Å². The van der Waals surface area contributed by atoms with Crippen LogP contribution in [0.5, 0.6) is 0 Å². The molecule has 3 N–H and O–H groups in total. The van der Waals surface area contributed by atoms with Gasteiger partial charge in [-0.3, -0.25) is 14.6 Å². The molecule has 0 aliphatic rings. The third-order valence-electron chi connectivity index (χ3n) is 1.21. The van der Waals surface area contributed by atoms with Gasteiger partial charge in [0.05, 0.1) is 0 Å². The van der Waals surface area contributed by atoms with E-state index < -0.39 is 11.5 Å². The molecule has 0 spiro atoms. The number of nitrogens with one attached hydrogen (secondary N) is 1. The third-order valence-corrected chi connectivity index (χ3v) is 1.58. The maximum atomic E-state index is 10.9. The van der Waals surface area contributed by atoms with Gasteiger partial charge in [0.2, 0.25) is 5.69 Å². The maximum absolute atomic E-state index is 10.9. The van der Waals surface area contributed by atoms with Gasteiger partial charge in [0.1, 0.15) is 0 Å². The summed E-state index contributed by atoms with van der Waals surface area (Å²) in [4.78, 5) is 23.8. The summed E-state index contributed by atoms with van der Waals surface area (Å²) in [6, 6.07) is 0. The van der Waals surface area contributed by atoms with E-state index in [1.807, 2.05) is 0 Å². The van der Waals surface area contributed by atoms with E-state index in [9.17, 15) is 9.59 Å². The van der Waals surface area contributed by atoms with Gasteiger partial charge in [0, 0.05) is 7.05 Å². The van der Waals surface area contributed by atoms with Crippen molar-refractivity contribution in [3.05, 3.63) is 20.8 Å². The van der Waals surface area contributed by atoms with Crippen molar-refractivity contribution in [2.45, 2.75) is 0 Å². The number of hydrogen-bond donors (Lipinski definition) is 2. The topological polar surface area (TPSA) is 93.8 Å². The van der Waals surface area contributed by atoms with Crippen LogP contribution in [0.1, 0.15) is 10.5 Å². The number of nitrogens with zero attached hydrogens (tertiary/aromatic N) is 2. The molecule has 0 aliphatic heterocycles. The molecule has 64 valence electrons. The molecule has 6 nitrogen and oxygen atoms in total. The van der Waals surface area contributed by atoms with Gasteiger partial charge in [-0.2, -0.15) is 5.10 Å². The molecule has 7 heteroatoms. The zero-order valence-corrected chi connectivity index (χ0v) is 7.01. The van der Waals surface area contributed by atoms with Crippen molar-refractivity contribution in [3.8, 4) is 0 Å². The monoisotopic (exact) mass is 186 g/mol. The second kappa shape index (κ2) is 2.86. The van der Waals surface area contributed by atoms with E-state index in [4.69, 9.17) is 5.73 Å². The molecule has 12 heavy (non-hydrogen) atoms. The zero-order valence-electron chi connectivity index (χ0n) is 6.20. The lowest BCUT2D eigenvalue weighted by Crippen LogP contribution is -2.28. The number of primary amides is 1. The molecule has 0 fully saturated rings. The van der Waals surface area contributed by atoms with Crippen molar-refractivity contribution < 1.29 is 4.79 Å². The molecular formula is C5H6N4O2S. The highest BCUT2D eigenvalue weighted by atomic mass is 32.1. The molecule has 0 aliphatic carbocycles. The van der Waals surface area contributed by atoms with E-state index in [1.54, 1.807) is 0 Å². The predicted molar refractivity (Wildman–Crippen MR) is 43.2 cm³/mol. The number of carbonyl (C=O) groups is 1. The summed E-state index contributed by atoms with van der Waals surface area (Å²) in [7, 11) is 1.50. The Morgan fingerprint density at radius 1 is 1.75 bits per heavy atom. The normalized spacial score (nSPS) is 9.75. The van der Waals surface area contributed by atoms with Crippen molar-refractivity contribution in [2.24, 2.45) is 12.8 Å². The van der Waals surface area contributed by atoms with Crippen LogP contribution in [0.2, 0.25) is 0 Å². The number of nitrogens with two attached hydrogens (primary N) is 1. The molecule has 1 heterocycles. The number of aryl methyl sites for hydroxylation is 1. The molecule has 0 saturated carbocycles. The van der Waals surface area contributed by atoms with Crippen LogP contribution in [0.4, 0.5) is 0 Å². The Hall–Kier alpha value is -1.50. The molecule has 0 saturated heterocycles. The predicted octanol–water partition coefficient (Wildman–Crippen LogP) is -1.06. The first-order valence-corrected chi connectivity index (χ1v) is 3.40. The van der Waals surface area contributed by atoms with Gasteiger partial charge in [-0.15, -0.1) is 0 Å². The highest BCUT2D eigenvalue weighted by Crippen LogP contribution is 1.81. The van der Waals surface area contributed by atoms with Gasteiger partial charge >= 0.3 is 0 Å². The summed E-state index contributed by atoms with van der Waals surface area (Å²) in [5.41, 5.74) is 3.86. The van der Waals surface area contributed by atoms with Gasteiger partial charge < -0.3 is 5.73 Å². The summed E-state index contributed by atoms with van der Waals surface area (Å²) in [5.74, 6) is -0.873. The Kier molecular flexibility index (Phi) is 2.05. The molecule has 0 bridgehead atoms. The third kappa shape index (κ3) is 1.40. The number of H-pyrrole nitrogens is 1. The van der Waals surface area contributed by atoms with Crippen LogP contribution < -0.4 is 11.3 Å². The molecule has 0 aromatic carbocycles. The summed E-state index contributed by atoms with van der Waals surface area (Å²) in [6.45, 7) is 0. The number of rotatable bonds is 1. The summed E-state index contributed by atoms with van der Waals surface area (Å²) in [6.07, 6.45) is 0. The van der Waals surface area contributed by atoms with Crippen LogP contribution in [0.3, 0.4) is 0 Å². The smallest absolute Gasteiger partial charge is 0.283 e. The van der Waals surface area contributed by atoms with Crippen molar-refractivity contribution in [2.75, 3.05) is 0 Å². The van der Waals surface area contributed by atoms with Gasteiger partial charge in [0.15, 0.2) is 4.77 Å². The Balaban J connectivity index is 3.54. The average Bonchev–Trinajstić information content (AvgIpc) is 1.96. The largest absolute Gasteiger partial charge is 0.364 e. The summed E-state index contributed by atoms with van der Waals surface area (Å²) in [5, 5.41) is 3.57. The fourth-order valence-electron chi connectivity index (χ4n) is 0.639. The van der Waals surface area contributed by atoms with E-state index in [1.165, 1.54) is 11.7 Å². The molecular weight excluding hydrogens is 180 g/mol. The van der Waals surface area contributed by atoms with Crippen LogP contribution in [-0.2, 0) is 7.05 Å². The molecule has 1 aromatic rings. The average molecular weight is 186 g/mol. The SMILES string of the molecule is Cn1nc(C(N)=O)c(=O)[nH]c1=S. The van der Waals surface area contributed by atoms with Gasteiger partial charge in [-0.1, -0.05) is 0 Å². The van der Waals surface area contributed by atoms with Crippen LogP contribution in [-0.4, -0.2) is 20.7 Å². The first kappa shape index (κ1) is 8.60. The van der Waals surface area contributed by atoms with Gasteiger partial charge in [0.25, 0.3) is 11.5 Å². The first-order valence-electron chi connectivity index (χ1n) is 3.00. The highest BCUT2D eigenvalue weighted by Gasteiger charge is 2.08. The molecule has 0 unspecified atom stereocenters. The van der Waals surface area contributed by atoms with E-state index >= 15 is 0 Å². The molecule has 0 atom stereocenters. The molecule has 1 rings (SSSR count). The van der Waals surface area contributed by atoms with Crippen molar-refractivity contribution >= 4 is 18.1 Å². The lowest BCUT2D eigenvalue weighted by atomic mass is 10.4. The number of amides is 1. The Bertz CT molecular complexity index is 432. The lowest BCUT2D eigenvalue weighted by molar-refractivity contribution is 0.0991. The second-order valence-corrected chi connectivity index (χ2v) is 2.48. The van der Waals surface area contributed by atoms with Gasteiger partial charge in [-0.05, 0) is 12.2 Å². The van der Waals surface area contributed by atoms with E-state index in [0.717, 1.165) is 0 Å². The quantitative estimate of drug-likeness (QED) is 0.546. The molecule has 1 aromatic heterocycles. The van der Waals surface area contributed by atoms with Gasteiger partial charge in [-0.25, -0.2) is 4.68 Å². The fourth-order valence-corrected chi connectivity index (χ4v) is 0.773. The van der Waals surface area contributed by atoms with Crippen LogP contribution in [0.25, 0.3) is 0 Å². The second-order valence-electron chi connectivity index (χ2n) is 2.10. The molecule has 0 radical (unpaired) electrons. The van der Waals surface area contributed by atoms with Crippen molar-refractivity contribution in [3.63, 3.8) is 0 Å². The number of aromatic nitrogens is 3. The Morgan fingerprint density at radius 3 is 2.83 bits per heavy atom. The van der Waals surface area contributed by atoms with Crippen LogP contribution >= 0.6 is 12.2 Å². The fraction of sp³-hybridized carbons (Fsp3) is 0.200. The maximum Gasteiger partial charge on any atom is 0.283 e. The molecule has 1 amide bonds. The van der Waals surface area contributed by atoms with E-state index in [2.05, 4.69) is 22.3 Å². The number of hydrogen-bond acceptors (Lipinski definition) is 4.